The van der Waals surface area contributed by atoms with Crippen molar-refractivity contribution >= 4 is 0 Å². The highest BCUT2D eigenvalue weighted by Crippen LogP contribution is 2.25. The van der Waals surface area contributed by atoms with Gasteiger partial charge in [0, 0.05) is 18.6 Å². The third kappa shape index (κ3) is 3.48. The Morgan fingerprint density at radius 1 is 1.37 bits per heavy atom. The molecule has 3 nitrogen and oxygen atoms in total. The summed E-state index contributed by atoms with van der Waals surface area (Å²) in [5.41, 5.74) is 7.30. The van der Waals surface area contributed by atoms with E-state index in [4.69, 9.17) is 10.5 Å². The fourth-order valence-corrected chi connectivity index (χ4v) is 2.96. The van der Waals surface area contributed by atoms with Crippen LogP contribution in [0.1, 0.15) is 25.8 Å². The summed E-state index contributed by atoms with van der Waals surface area (Å²) in [7, 11) is 1.74. The van der Waals surface area contributed by atoms with Crippen molar-refractivity contribution in [3.05, 3.63) is 29.8 Å². The molecule has 0 bridgehead atoms. The largest absolute Gasteiger partial charge is 0.496 e. The molecule has 1 aliphatic heterocycles. The second-order valence-corrected chi connectivity index (χ2v) is 5.77. The first-order chi connectivity index (χ1) is 9.11. The summed E-state index contributed by atoms with van der Waals surface area (Å²) in [6.07, 6.45) is 2.27. The average molecular weight is 262 g/mol. The van der Waals surface area contributed by atoms with Crippen LogP contribution in [-0.2, 0) is 6.42 Å². The number of para-hydroxylation sites is 1. The van der Waals surface area contributed by atoms with Crippen molar-refractivity contribution in [2.24, 2.45) is 11.7 Å². The quantitative estimate of drug-likeness (QED) is 0.885. The number of hydrogen-bond acceptors (Lipinski definition) is 3. The normalized spacial score (nSPS) is 23.3. The molecule has 1 aromatic carbocycles. The lowest BCUT2D eigenvalue weighted by Gasteiger charge is -2.25. The Kier molecular flexibility index (Phi) is 4.83. The Morgan fingerprint density at radius 2 is 2.11 bits per heavy atom. The van der Waals surface area contributed by atoms with Gasteiger partial charge in [0.25, 0.3) is 0 Å². The maximum Gasteiger partial charge on any atom is 0.122 e. The smallest absolute Gasteiger partial charge is 0.122 e. The maximum absolute atomic E-state index is 6.01. The van der Waals surface area contributed by atoms with Crippen LogP contribution >= 0.6 is 0 Å². The lowest BCUT2D eigenvalue weighted by Crippen LogP contribution is -2.35. The first-order valence-corrected chi connectivity index (χ1v) is 7.23. The fraction of sp³-hybridized carbons (Fsp3) is 0.625. The molecule has 0 amide bonds. The summed E-state index contributed by atoms with van der Waals surface area (Å²) in [4.78, 5) is 2.56. The Bertz CT molecular complexity index is 405. The molecular formula is C16H26N2O. The van der Waals surface area contributed by atoms with E-state index in [9.17, 15) is 0 Å². The van der Waals surface area contributed by atoms with Gasteiger partial charge in [-0.1, -0.05) is 18.2 Å². The predicted molar refractivity (Wildman–Crippen MR) is 79.5 cm³/mol. The van der Waals surface area contributed by atoms with Gasteiger partial charge in [0.05, 0.1) is 7.11 Å². The molecule has 1 heterocycles. The highest BCUT2D eigenvalue weighted by atomic mass is 16.5. The molecular weight excluding hydrogens is 236 g/mol. The number of nitrogens with zero attached hydrogens (tertiary/aromatic N) is 1. The summed E-state index contributed by atoms with van der Waals surface area (Å²) in [6.45, 7) is 6.73. The summed E-state index contributed by atoms with van der Waals surface area (Å²) in [5.74, 6) is 1.65. The number of methoxy groups -OCH3 is 1. The van der Waals surface area contributed by atoms with E-state index in [2.05, 4.69) is 30.9 Å². The molecule has 2 N–H and O–H groups in total. The molecule has 1 saturated heterocycles. The Morgan fingerprint density at radius 3 is 2.74 bits per heavy atom. The molecule has 1 aromatic rings. The van der Waals surface area contributed by atoms with Gasteiger partial charge in [-0.05, 0) is 50.8 Å². The van der Waals surface area contributed by atoms with Gasteiger partial charge >= 0.3 is 0 Å². The minimum absolute atomic E-state index is 0.309. The van der Waals surface area contributed by atoms with Gasteiger partial charge in [-0.25, -0.2) is 0 Å². The summed E-state index contributed by atoms with van der Waals surface area (Å²) in [5, 5.41) is 0. The average Bonchev–Trinajstić information content (AvgIpc) is 2.89. The minimum Gasteiger partial charge on any atom is -0.496 e. The zero-order valence-electron chi connectivity index (χ0n) is 12.3. The molecule has 0 saturated carbocycles. The molecule has 1 fully saturated rings. The van der Waals surface area contributed by atoms with Gasteiger partial charge in [0.1, 0.15) is 5.75 Å². The zero-order valence-corrected chi connectivity index (χ0v) is 12.3. The highest BCUT2D eigenvalue weighted by Gasteiger charge is 2.28. The molecule has 1 aliphatic rings. The Balaban J connectivity index is 1.96. The number of likely N-dealkylation sites (tertiary alicyclic amines) is 1. The lowest BCUT2D eigenvalue weighted by atomic mass is 10.0. The molecule has 0 spiro atoms. The van der Waals surface area contributed by atoms with Crippen molar-refractivity contribution < 1.29 is 4.74 Å². The van der Waals surface area contributed by atoms with E-state index in [1.54, 1.807) is 7.11 Å². The van der Waals surface area contributed by atoms with E-state index < -0.39 is 0 Å². The number of rotatable bonds is 5. The van der Waals surface area contributed by atoms with Gasteiger partial charge in [-0.3, -0.25) is 4.90 Å². The summed E-state index contributed by atoms with van der Waals surface area (Å²) < 4.78 is 5.43. The van der Waals surface area contributed by atoms with E-state index in [0.717, 1.165) is 18.7 Å². The van der Waals surface area contributed by atoms with Gasteiger partial charge in [0.15, 0.2) is 0 Å². The van der Waals surface area contributed by atoms with Gasteiger partial charge in [-0.15, -0.1) is 0 Å². The van der Waals surface area contributed by atoms with E-state index in [-0.39, 0.29) is 0 Å². The SMILES string of the molecule is COc1ccccc1CC(C)N1CCC(C(C)N)C1. The number of hydrogen-bond donors (Lipinski definition) is 1. The molecule has 3 heteroatoms. The van der Waals surface area contributed by atoms with Crippen molar-refractivity contribution in [2.75, 3.05) is 20.2 Å². The van der Waals surface area contributed by atoms with Gasteiger partial charge < -0.3 is 10.5 Å². The number of ether oxygens (including phenoxy) is 1. The number of nitrogens with two attached hydrogens (primary N) is 1. The van der Waals surface area contributed by atoms with Crippen molar-refractivity contribution in [1.82, 2.24) is 4.90 Å². The van der Waals surface area contributed by atoms with Crippen molar-refractivity contribution in [1.29, 1.82) is 0 Å². The second kappa shape index (κ2) is 6.40. The van der Waals surface area contributed by atoms with Crippen LogP contribution in [0.4, 0.5) is 0 Å². The lowest BCUT2D eigenvalue weighted by molar-refractivity contribution is 0.242. The van der Waals surface area contributed by atoms with Crippen molar-refractivity contribution in [3.8, 4) is 5.75 Å². The molecule has 0 aromatic heterocycles. The fourth-order valence-electron chi connectivity index (χ4n) is 2.96. The van der Waals surface area contributed by atoms with E-state index >= 15 is 0 Å². The zero-order chi connectivity index (χ0) is 13.8. The summed E-state index contributed by atoms with van der Waals surface area (Å²) in [6, 6.07) is 9.16. The molecule has 0 aliphatic carbocycles. The van der Waals surface area contributed by atoms with Crippen LogP contribution in [-0.4, -0.2) is 37.2 Å². The second-order valence-electron chi connectivity index (χ2n) is 5.77. The van der Waals surface area contributed by atoms with Crippen molar-refractivity contribution in [3.63, 3.8) is 0 Å². The van der Waals surface area contributed by atoms with Crippen LogP contribution in [0.2, 0.25) is 0 Å². The van der Waals surface area contributed by atoms with E-state index in [1.807, 2.05) is 12.1 Å². The summed E-state index contributed by atoms with van der Waals surface area (Å²) >= 11 is 0. The Labute approximate surface area is 116 Å². The molecule has 106 valence electrons. The van der Waals surface area contributed by atoms with E-state index in [1.165, 1.54) is 18.5 Å². The topological polar surface area (TPSA) is 38.5 Å². The number of benzene rings is 1. The highest BCUT2D eigenvalue weighted by molar-refractivity contribution is 5.33. The van der Waals surface area contributed by atoms with Gasteiger partial charge in [-0.2, -0.15) is 0 Å². The minimum atomic E-state index is 0.309. The molecule has 2 rings (SSSR count). The van der Waals surface area contributed by atoms with E-state index in [0.29, 0.717) is 18.0 Å². The van der Waals surface area contributed by atoms with Crippen molar-refractivity contribution in [2.45, 2.75) is 38.8 Å². The van der Waals surface area contributed by atoms with Crippen LogP contribution in [0.3, 0.4) is 0 Å². The maximum atomic E-state index is 6.01. The molecule has 3 atom stereocenters. The van der Waals surface area contributed by atoms with Crippen LogP contribution in [0, 0.1) is 5.92 Å². The van der Waals surface area contributed by atoms with Crippen LogP contribution in [0.5, 0.6) is 5.75 Å². The van der Waals surface area contributed by atoms with Gasteiger partial charge in [0.2, 0.25) is 0 Å². The third-order valence-corrected chi connectivity index (χ3v) is 4.33. The molecule has 0 radical (unpaired) electrons. The predicted octanol–water partition coefficient (Wildman–Crippen LogP) is 2.30. The monoisotopic (exact) mass is 262 g/mol. The standard InChI is InChI=1S/C16H26N2O/c1-12(18-9-8-15(11-18)13(2)17)10-14-6-4-5-7-16(14)19-3/h4-7,12-13,15H,8-11,17H2,1-3H3. The van der Waals surface area contributed by atoms with Crippen LogP contribution in [0.25, 0.3) is 0 Å². The molecule has 3 unspecified atom stereocenters. The van der Waals surface area contributed by atoms with Crippen LogP contribution < -0.4 is 10.5 Å². The first kappa shape index (κ1) is 14.4. The Hall–Kier alpha value is -1.06. The first-order valence-electron chi connectivity index (χ1n) is 7.23. The van der Waals surface area contributed by atoms with Crippen LogP contribution in [0.15, 0.2) is 24.3 Å². The third-order valence-electron chi connectivity index (χ3n) is 4.33. The molecule has 19 heavy (non-hydrogen) atoms.